The topological polar surface area (TPSA) is 90.7 Å². The molecule has 0 atom stereocenters. The predicted octanol–water partition coefficient (Wildman–Crippen LogP) is 1.10. The van der Waals surface area contributed by atoms with Crippen molar-refractivity contribution in [3.63, 3.8) is 0 Å². The second-order valence-corrected chi connectivity index (χ2v) is 4.65. The van der Waals surface area contributed by atoms with Crippen LogP contribution in [0.4, 0.5) is 5.69 Å². The molecule has 1 aromatic rings. The van der Waals surface area contributed by atoms with Crippen LogP contribution in [0.5, 0.6) is 5.75 Å². The lowest BCUT2D eigenvalue weighted by Gasteiger charge is -2.12. The predicted molar refractivity (Wildman–Crippen MR) is 73.5 cm³/mol. The summed E-state index contributed by atoms with van der Waals surface area (Å²) >= 11 is 0. The van der Waals surface area contributed by atoms with E-state index in [9.17, 15) is 9.59 Å². The number of nitrogens with two attached hydrogens (primary N) is 1. The van der Waals surface area contributed by atoms with Gasteiger partial charge in [-0.15, -0.1) is 0 Å². The van der Waals surface area contributed by atoms with Gasteiger partial charge in [0.05, 0.1) is 20.1 Å². The number of methoxy groups -OCH3 is 1. The molecule has 0 radical (unpaired) electrons. The molecule has 1 aliphatic rings. The molecule has 0 unspecified atom stereocenters. The van der Waals surface area contributed by atoms with E-state index < -0.39 is 5.97 Å². The Kier molecular flexibility index (Phi) is 4.45. The molecule has 1 fully saturated rings. The van der Waals surface area contributed by atoms with Crippen molar-refractivity contribution in [3.05, 3.63) is 23.8 Å². The van der Waals surface area contributed by atoms with E-state index in [-0.39, 0.29) is 30.2 Å². The average molecular weight is 278 g/mol. The first-order valence-electron chi connectivity index (χ1n) is 6.50. The Morgan fingerprint density at radius 1 is 1.40 bits per heavy atom. The van der Waals surface area contributed by atoms with Crippen molar-refractivity contribution >= 4 is 17.6 Å². The van der Waals surface area contributed by atoms with E-state index in [0.29, 0.717) is 11.8 Å². The molecule has 0 spiro atoms. The van der Waals surface area contributed by atoms with Gasteiger partial charge < -0.3 is 20.5 Å². The van der Waals surface area contributed by atoms with Crippen molar-refractivity contribution in [2.45, 2.75) is 25.3 Å². The lowest BCUT2D eigenvalue weighted by molar-refractivity contribution is -0.121. The monoisotopic (exact) mass is 278 g/mol. The highest BCUT2D eigenvalue weighted by molar-refractivity contribution is 5.98. The molecular formula is C14H18N2O4. The SMILES string of the molecule is COC(=O)c1c(N)cccc1OCCC(=O)NC1CC1. The lowest BCUT2D eigenvalue weighted by Crippen LogP contribution is -2.26. The molecule has 20 heavy (non-hydrogen) atoms. The number of carbonyl (C=O) groups excluding carboxylic acids is 2. The number of nitrogens with one attached hydrogen (secondary N) is 1. The van der Waals surface area contributed by atoms with E-state index in [1.807, 2.05) is 0 Å². The molecular weight excluding hydrogens is 260 g/mol. The summed E-state index contributed by atoms with van der Waals surface area (Å²) in [4.78, 5) is 23.2. The fourth-order valence-corrected chi connectivity index (χ4v) is 1.77. The van der Waals surface area contributed by atoms with Gasteiger partial charge in [0.25, 0.3) is 0 Å². The number of hydrogen-bond donors (Lipinski definition) is 2. The Bertz CT molecular complexity index is 512. The van der Waals surface area contributed by atoms with Crippen molar-refractivity contribution < 1.29 is 19.1 Å². The molecule has 6 heteroatoms. The Morgan fingerprint density at radius 2 is 2.15 bits per heavy atom. The molecule has 108 valence electrons. The standard InChI is InChI=1S/C14H18N2O4/c1-19-14(18)13-10(15)3-2-4-11(13)20-8-7-12(17)16-9-5-6-9/h2-4,9H,5-8,15H2,1H3,(H,16,17). The Morgan fingerprint density at radius 3 is 2.80 bits per heavy atom. The number of ether oxygens (including phenoxy) is 2. The maximum atomic E-state index is 11.6. The van der Waals surface area contributed by atoms with Crippen molar-refractivity contribution in [2.75, 3.05) is 19.5 Å². The van der Waals surface area contributed by atoms with E-state index in [1.165, 1.54) is 7.11 Å². The second-order valence-electron chi connectivity index (χ2n) is 4.65. The second kappa shape index (κ2) is 6.27. The minimum absolute atomic E-state index is 0.0454. The number of rotatable bonds is 6. The Labute approximate surface area is 117 Å². The highest BCUT2D eigenvalue weighted by Gasteiger charge is 2.23. The third kappa shape index (κ3) is 3.63. The van der Waals surface area contributed by atoms with E-state index in [4.69, 9.17) is 10.5 Å². The molecule has 2 rings (SSSR count). The maximum Gasteiger partial charge on any atom is 0.343 e. The van der Waals surface area contributed by atoms with Gasteiger partial charge in [0.2, 0.25) is 5.91 Å². The first kappa shape index (κ1) is 14.2. The molecule has 6 nitrogen and oxygen atoms in total. The Balaban J connectivity index is 1.92. The van der Waals surface area contributed by atoms with Gasteiger partial charge in [-0.3, -0.25) is 4.79 Å². The summed E-state index contributed by atoms with van der Waals surface area (Å²) in [5.74, 6) is -0.271. The van der Waals surface area contributed by atoms with Crippen LogP contribution < -0.4 is 15.8 Å². The quantitative estimate of drug-likeness (QED) is 0.600. The van der Waals surface area contributed by atoms with Crippen LogP contribution in [-0.4, -0.2) is 31.6 Å². The summed E-state index contributed by atoms with van der Waals surface area (Å²) in [5, 5.41) is 2.86. The van der Waals surface area contributed by atoms with E-state index in [2.05, 4.69) is 10.1 Å². The fraction of sp³-hybridized carbons (Fsp3) is 0.429. The molecule has 0 aliphatic heterocycles. The van der Waals surface area contributed by atoms with Gasteiger partial charge >= 0.3 is 5.97 Å². The van der Waals surface area contributed by atoms with Crippen LogP contribution in [0, 0.1) is 0 Å². The third-order valence-electron chi connectivity index (χ3n) is 2.98. The van der Waals surface area contributed by atoms with Crippen molar-refractivity contribution in [1.29, 1.82) is 0 Å². The molecule has 0 heterocycles. The van der Waals surface area contributed by atoms with E-state index >= 15 is 0 Å². The maximum absolute atomic E-state index is 11.6. The molecule has 0 aromatic heterocycles. The molecule has 3 N–H and O–H groups in total. The van der Waals surface area contributed by atoms with Crippen LogP contribution in [-0.2, 0) is 9.53 Å². The minimum Gasteiger partial charge on any atom is -0.492 e. The first-order chi connectivity index (χ1) is 9.61. The van der Waals surface area contributed by atoms with Gasteiger partial charge in [-0.1, -0.05) is 6.07 Å². The van der Waals surface area contributed by atoms with Gasteiger partial charge in [-0.25, -0.2) is 4.79 Å². The fourth-order valence-electron chi connectivity index (χ4n) is 1.77. The summed E-state index contributed by atoms with van der Waals surface area (Å²) in [6.07, 6.45) is 2.34. The van der Waals surface area contributed by atoms with Gasteiger partial charge in [-0.05, 0) is 25.0 Å². The third-order valence-corrected chi connectivity index (χ3v) is 2.98. The number of nitrogen functional groups attached to an aromatic ring is 1. The van der Waals surface area contributed by atoms with Crippen LogP contribution in [0.2, 0.25) is 0 Å². The van der Waals surface area contributed by atoms with Gasteiger partial charge in [0.15, 0.2) is 0 Å². The lowest BCUT2D eigenvalue weighted by atomic mass is 10.1. The Hall–Kier alpha value is -2.24. The number of hydrogen-bond acceptors (Lipinski definition) is 5. The minimum atomic E-state index is -0.555. The zero-order valence-electron chi connectivity index (χ0n) is 11.3. The zero-order valence-corrected chi connectivity index (χ0v) is 11.3. The summed E-state index contributed by atoms with van der Waals surface area (Å²) in [6.45, 7) is 0.187. The average Bonchev–Trinajstić information content (AvgIpc) is 3.22. The van der Waals surface area contributed by atoms with E-state index in [1.54, 1.807) is 18.2 Å². The smallest absolute Gasteiger partial charge is 0.343 e. The summed E-state index contributed by atoms with van der Waals surface area (Å²) in [5.41, 5.74) is 6.22. The highest BCUT2D eigenvalue weighted by Crippen LogP contribution is 2.25. The zero-order chi connectivity index (χ0) is 14.5. The van der Waals surface area contributed by atoms with Crippen LogP contribution in [0.25, 0.3) is 0 Å². The van der Waals surface area contributed by atoms with Crippen molar-refractivity contribution in [3.8, 4) is 5.75 Å². The number of anilines is 1. The molecule has 1 saturated carbocycles. The largest absolute Gasteiger partial charge is 0.492 e. The molecule has 1 aliphatic carbocycles. The van der Waals surface area contributed by atoms with E-state index in [0.717, 1.165) is 12.8 Å². The molecule has 0 bridgehead atoms. The first-order valence-corrected chi connectivity index (χ1v) is 6.50. The summed E-state index contributed by atoms with van der Waals surface area (Å²) in [7, 11) is 1.28. The molecule has 1 amide bonds. The number of esters is 1. The number of benzene rings is 1. The van der Waals surface area contributed by atoms with Gasteiger partial charge in [0, 0.05) is 11.7 Å². The summed E-state index contributed by atoms with van der Waals surface area (Å²) in [6, 6.07) is 5.24. The van der Waals surface area contributed by atoms with Crippen molar-refractivity contribution in [2.24, 2.45) is 0 Å². The molecule has 0 saturated heterocycles. The van der Waals surface area contributed by atoms with Gasteiger partial charge in [-0.2, -0.15) is 0 Å². The van der Waals surface area contributed by atoms with Crippen LogP contribution in [0.3, 0.4) is 0 Å². The van der Waals surface area contributed by atoms with Crippen LogP contribution >= 0.6 is 0 Å². The number of amides is 1. The number of carbonyl (C=O) groups is 2. The summed E-state index contributed by atoms with van der Waals surface area (Å²) < 4.78 is 10.1. The molecule has 1 aromatic carbocycles. The van der Waals surface area contributed by atoms with Crippen molar-refractivity contribution in [1.82, 2.24) is 5.32 Å². The van der Waals surface area contributed by atoms with Crippen LogP contribution in [0.15, 0.2) is 18.2 Å². The van der Waals surface area contributed by atoms with Gasteiger partial charge in [0.1, 0.15) is 11.3 Å². The normalized spacial score (nSPS) is 13.7. The highest BCUT2D eigenvalue weighted by atomic mass is 16.5. The van der Waals surface area contributed by atoms with Crippen LogP contribution in [0.1, 0.15) is 29.6 Å².